The summed E-state index contributed by atoms with van der Waals surface area (Å²) in [6.07, 6.45) is 6.58. The second-order valence-electron chi connectivity index (χ2n) is 9.02. The van der Waals surface area contributed by atoms with Crippen molar-refractivity contribution < 1.29 is 19.8 Å². The van der Waals surface area contributed by atoms with Gasteiger partial charge in [-0.1, -0.05) is 75.5 Å². The minimum atomic E-state index is -1.64. The Kier molecular flexibility index (Phi) is 9.53. The average molecular weight is 408 g/mol. The van der Waals surface area contributed by atoms with Crippen LogP contribution in [0.25, 0.3) is 0 Å². The third kappa shape index (κ3) is 7.31. The van der Waals surface area contributed by atoms with Gasteiger partial charge in [-0.15, -0.1) is 0 Å². The van der Waals surface area contributed by atoms with Crippen molar-refractivity contribution in [3.63, 3.8) is 0 Å². The lowest BCUT2D eigenvalue weighted by Crippen LogP contribution is -2.76. The molecular weight excluding hydrogens is 366 g/mol. The number of hydrogen-bond acceptors (Lipinski definition) is 5. The topological polar surface area (TPSA) is 102 Å². The van der Waals surface area contributed by atoms with Crippen LogP contribution in [0.1, 0.15) is 70.3 Å². The monoisotopic (exact) mass is 407 g/mol. The molecule has 1 aliphatic rings. The van der Waals surface area contributed by atoms with Gasteiger partial charge < -0.3 is 15.3 Å². The number of aliphatic hydroxyl groups is 2. The fourth-order valence-electron chi connectivity index (χ4n) is 4.30. The van der Waals surface area contributed by atoms with Crippen LogP contribution in [0.5, 0.6) is 0 Å². The van der Waals surface area contributed by atoms with Gasteiger partial charge in [0.15, 0.2) is 0 Å². The first-order valence-electron chi connectivity index (χ1n) is 11.3. The zero-order valence-corrected chi connectivity index (χ0v) is 18.2. The van der Waals surface area contributed by atoms with Crippen LogP contribution in [0, 0.1) is 0 Å². The second-order valence-corrected chi connectivity index (χ2v) is 9.02. The van der Waals surface area contributed by atoms with Crippen molar-refractivity contribution >= 4 is 0 Å². The number of nitrogens with zero attached hydrogens (tertiary/aromatic N) is 1. The Morgan fingerprint density at radius 2 is 1.79 bits per heavy atom. The molecule has 2 rings (SSSR count). The van der Waals surface area contributed by atoms with Crippen LogP contribution in [0.2, 0.25) is 0 Å². The average Bonchev–Trinajstić information content (AvgIpc) is 2.68. The Hall–Kier alpha value is -1.02. The molecule has 29 heavy (non-hydrogen) atoms. The SMILES string of the molecule is CCCCCCCC[N+](C)(Cc1ccccc1)C(N)(O)NC1CCC([O-])C(O)C1. The highest BCUT2D eigenvalue weighted by molar-refractivity contribution is 5.13. The summed E-state index contributed by atoms with van der Waals surface area (Å²) in [5.74, 6) is -1.64. The van der Waals surface area contributed by atoms with E-state index in [0.29, 0.717) is 25.8 Å². The number of rotatable bonds is 12. The Labute approximate surface area is 176 Å². The van der Waals surface area contributed by atoms with E-state index in [9.17, 15) is 15.3 Å². The predicted molar refractivity (Wildman–Crippen MR) is 114 cm³/mol. The Morgan fingerprint density at radius 3 is 2.45 bits per heavy atom. The van der Waals surface area contributed by atoms with Crippen LogP contribution < -0.4 is 16.2 Å². The maximum Gasteiger partial charge on any atom is 0.323 e. The lowest BCUT2D eigenvalue weighted by Gasteiger charge is -2.48. The largest absolute Gasteiger partial charge is 0.850 e. The van der Waals surface area contributed by atoms with E-state index < -0.39 is 18.2 Å². The van der Waals surface area contributed by atoms with Gasteiger partial charge in [0.25, 0.3) is 0 Å². The number of nitrogens with one attached hydrogen (secondary N) is 1. The zero-order valence-electron chi connectivity index (χ0n) is 18.2. The van der Waals surface area contributed by atoms with Crippen LogP contribution in [-0.4, -0.2) is 52.5 Å². The van der Waals surface area contributed by atoms with Crippen LogP contribution in [0.4, 0.5) is 0 Å². The molecule has 0 spiro atoms. The molecule has 0 bridgehead atoms. The number of hydrogen-bond donors (Lipinski definition) is 4. The molecule has 1 fully saturated rings. The van der Waals surface area contributed by atoms with Crippen molar-refractivity contribution in [2.45, 2.75) is 95.5 Å². The van der Waals surface area contributed by atoms with Crippen molar-refractivity contribution in [3.8, 4) is 0 Å². The molecule has 5 N–H and O–H groups in total. The Bertz CT molecular complexity index is 584. The molecule has 5 atom stereocenters. The van der Waals surface area contributed by atoms with E-state index in [1.165, 1.54) is 25.7 Å². The molecule has 0 heterocycles. The molecule has 6 heteroatoms. The zero-order chi connectivity index (χ0) is 21.3. The van der Waals surface area contributed by atoms with Crippen molar-refractivity contribution in [2.75, 3.05) is 13.6 Å². The second kappa shape index (κ2) is 11.4. The highest BCUT2D eigenvalue weighted by atomic mass is 16.4. The molecule has 166 valence electrons. The number of quaternary nitrogens is 1. The molecule has 5 unspecified atom stereocenters. The first-order chi connectivity index (χ1) is 13.8. The smallest absolute Gasteiger partial charge is 0.323 e. The third-order valence-corrected chi connectivity index (χ3v) is 6.37. The lowest BCUT2D eigenvalue weighted by atomic mass is 9.90. The van der Waals surface area contributed by atoms with Crippen molar-refractivity contribution in [1.82, 2.24) is 5.32 Å². The van der Waals surface area contributed by atoms with E-state index >= 15 is 0 Å². The molecule has 0 saturated heterocycles. The fourth-order valence-corrected chi connectivity index (χ4v) is 4.30. The summed E-state index contributed by atoms with van der Waals surface area (Å²) < 4.78 is 0.248. The predicted octanol–water partition coefficient (Wildman–Crippen LogP) is 1.79. The molecule has 6 nitrogen and oxygen atoms in total. The van der Waals surface area contributed by atoms with Gasteiger partial charge >= 0.3 is 5.97 Å². The lowest BCUT2D eigenvalue weighted by molar-refractivity contribution is -0.999. The summed E-state index contributed by atoms with van der Waals surface area (Å²) in [4.78, 5) is 0. The first kappa shape index (κ1) is 24.3. The van der Waals surface area contributed by atoms with Crippen molar-refractivity contribution in [1.29, 1.82) is 0 Å². The van der Waals surface area contributed by atoms with Gasteiger partial charge in [-0.3, -0.25) is 4.48 Å². The van der Waals surface area contributed by atoms with Gasteiger partial charge in [0, 0.05) is 17.7 Å². The molecule has 0 aromatic heterocycles. The van der Waals surface area contributed by atoms with Gasteiger partial charge in [-0.25, -0.2) is 11.1 Å². The summed E-state index contributed by atoms with van der Waals surface area (Å²) in [5.41, 5.74) is 7.59. The summed E-state index contributed by atoms with van der Waals surface area (Å²) in [5, 5.41) is 36.1. The molecular formula is C23H41N3O3. The standard InChI is InChI=1S/C23H41N3O3/c1-3-4-5-6-7-11-16-26(2,18-19-12-9-8-10-13-19)23(24,29)25-20-14-15-21(27)22(28)17-20/h8-10,12-13,20-22,25,28-29H,3-7,11,14-18,24H2,1-2H3. The molecule has 1 aromatic carbocycles. The van der Waals surface area contributed by atoms with Crippen LogP contribution in [0.15, 0.2) is 30.3 Å². The highest BCUT2D eigenvalue weighted by Crippen LogP contribution is 2.25. The van der Waals surface area contributed by atoms with E-state index in [4.69, 9.17) is 5.73 Å². The van der Waals surface area contributed by atoms with Crippen LogP contribution >= 0.6 is 0 Å². The summed E-state index contributed by atoms with van der Waals surface area (Å²) in [7, 11) is 1.99. The molecule has 0 amide bonds. The normalized spacial score (nSPS) is 26.6. The van der Waals surface area contributed by atoms with Gasteiger partial charge in [-0.2, -0.15) is 0 Å². The van der Waals surface area contributed by atoms with Gasteiger partial charge in [0.05, 0.1) is 13.6 Å². The van der Waals surface area contributed by atoms with Crippen molar-refractivity contribution in [2.24, 2.45) is 5.73 Å². The van der Waals surface area contributed by atoms with E-state index in [1.807, 2.05) is 25.2 Å². The van der Waals surface area contributed by atoms with Crippen LogP contribution in [-0.2, 0) is 6.54 Å². The van der Waals surface area contributed by atoms with Crippen LogP contribution in [0.3, 0.4) is 0 Å². The Balaban J connectivity index is 2.05. The maximum atomic E-state index is 11.7. The van der Waals surface area contributed by atoms with Gasteiger partial charge in [0.1, 0.15) is 6.54 Å². The van der Waals surface area contributed by atoms with Gasteiger partial charge in [0.2, 0.25) is 0 Å². The van der Waals surface area contributed by atoms with Crippen molar-refractivity contribution in [3.05, 3.63) is 35.9 Å². The molecule has 1 aliphatic carbocycles. The quantitative estimate of drug-likeness (QED) is 0.240. The first-order valence-corrected chi connectivity index (χ1v) is 11.3. The summed E-state index contributed by atoms with van der Waals surface area (Å²) >= 11 is 0. The van der Waals surface area contributed by atoms with E-state index in [2.05, 4.69) is 24.4 Å². The maximum absolute atomic E-state index is 11.7. The minimum Gasteiger partial charge on any atom is -0.850 e. The van der Waals surface area contributed by atoms with E-state index in [1.54, 1.807) is 0 Å². The van der Waals surface area contributed by atoms with Gasteiger partial charge in [-0.05, 0) is 25.7 Å². The highest BCUT2D eigenvalue weighted by Gasteiger charge is 2.45. The number of unbranched alkanes of at least 4 members (excludes halogenated alkanes) is 5. The Morgan fingerprint density at radius 1 is 1.14 bits per heavy atom. The molecule has 0 radical (unpaired) electrons. The molecule has 1 saturated carbocycles. The third-order valence-electron chi connectivity index (χ3n) is 6.37. The fraction of sp³-hybridized carbons (Fsp3) is 0.739. The number of benzene rings is 1. The number of aliphatic hydroxyl groups excluding tert-OH is 1. The minimum absolute atomic E-state index is 0.164. The molecule has 1 aromatic rings. The summed E-state index contributed by atoms with van der Waals surface area (Å²) in [6, 6.07) is 9.93. The number of nitrogens with two attached hydrogens (primary N) is 1. The molecule has 0 aliphatic heterocycles. The van der Waals surface area contributed by atoms with E-state index in [0.717, 1.165) is 24.9 Å². The summed E-state index contributed by atoms with van der Waals surface area (Å²) in [6.45, 7) is 3.57. The van der Waals surface area contributed by atoms with E-state index in [-0.39, 0.29) is 10.5 Å².